The predicted molar refractivity (Wildman–Crippen MR) is 53.7 cm³/mol. The highest BCUT2D eigenvalue weighted by molar-refractivity contribution is 5.68. The summed E-state index contributed by atoms with van der Waals surface area (Å²) in [7, 11) is 0. The first kappa shape index (κ1) is 12.1. The van der Waals surface area contributed by atoms with Crippen LogP contribution in [0.1, 0.15) is 24.8 Å². The molecule has 0 heterocycles. The largest absolute Gasteiger partial charge is 0.481 e. The quantitative estimate of drug-likeness (QED) is 0.632. The number of halogens is 1. The number of nitro groups is 1. The van der Waals surface area contributed by atoms with Crippen LogP contribution in [0.4, 0.5) is 10.1 Å². The zero-order chi connectivity index (χ0) is 12.3. The van der Waals surface area contributed by atoms with Crippen LogP contribution in [0.25, 0.3) is 0 Å². The maximum absolute atomic E-state index is 13.2. The molecule has 0 aliphatic heterocycles. The zero-order valence-electron chi connectivity index (χ0n) is 8.51. The van der Waals surface area contributed by atoms with Crippen molar-refractivity contribution in [2.45, 2.75) is 19.3 Å². The first-order valence-electron chi connectivity index (χ1n) is 4.57. The van der Waals surface area contributed by atoms with Crippen molar-refractivity contribution < 1.29 is 19.2 Å². The molecule has 0 aromatic heterocycles. The highest BCUT2D eigenvalue weighted by atomic mass is 19.1. The summed E-state index contributed by atoms with van der Waals surface area (Å²) < 4.78 is 13.2. The minimum atomic E-state index is -0.994. The fourth-order valence-electron chi connectivity index (χ4n) is 1.36. The number of hydrogen-bond donors (Lipinski definition) is 1. The minimum Gasteiger partial charge on any atom is -0.481 e. The molecule has 0 bridgehead atoms. The highest BCUT2D eigenvalue weighted by Crippen LogP contribution is 2.24. The summed E-state index contributed by atoms with van der Waals surface area (Å²) in [5, 5.41) is 18.9. The Labute approximate surface area is 90.7 Å². The molecule has 1 unspecified atom stereocenters. The first-order chi connectivity index (χ1) is 7.41. The van der Waals surface area contributed by atoms with Crippen LogP contribution in [0.2, 0.25) is 0 Å². The van der Waals surface area contributed by atoms with Crippen LogP contribution in [-0.2, 0) is 4.79 Å². The smallest absolute Gasteiger partial charge is 0.304 e. The standard InChI is InChI=1S/C10H10FNO4/c1-6(4-10(13)14)7-2-3-9(12(15)16)8(11)5-7/h2-3,5-6H,4H2,1H3,(H,13,14). The monoisotopic (exact) mass is 227 g/mol. The van der Waals surface area contributed by atoms with Gasteiger partial charge in [0.25, 0.3) is 0 Å². The first-order valence-corrected chi connectivity index (χ1v) is 4.57. The Kier molecular flexibility index (Phi) is 3.55. The van der Waals surface area contributed by atoms with E-state index in [0.717, 1.165) is 12.1 Å². The lowest BCUT2D eigenvalue weighted by atomic mass is 9.97. The molecule has 0 amide bonds. The normalized spacial score (nSPS) is 12.1. The molecule has 0 saturated heterocycles. The summed E-state index contributed by atoms with van der Waals surface area (Å²) in [6.45, 7) is 1.62. The number of carbonyl (C=O) groups is 1. The van der Waals surface area contributed by atoms with E-state index in [1.807, 2.05) is 0 Å². The fraction of sp³-hybridized carbons (Fsp3) is 0.300. The minimum absolute atomic E-state index is 0.142. The number of hydrogen-bond acceptors (Lipinski definition) is 3. The van der Waals surface area contributed by atoms with Crippen molar-refractivity contribution in [2.24, 2.45) is 0 Å². The maximum Gasteiger partial charge on any atom is 0.304 e. The van der Waals surface area contributed by atoms with Crippen LogP contribution in [0.3, 0.4) is 0 Å². The molecule has 0 radical (unpaired) electrons. The lowest BCUT2D eigenvalue weighted by Gasteiger charge is -2.08. The highest BCUT2D eigenvalue weighted by Gasteiger charge is 2.17. The van der Waals surface area contributed by atoms with Gasteiger partial charge < -0.3 is 5.11 Å². The molecule has 6 heteroatoms. The Bertz CT molecular complexity index is 433. The molecule has 16 heavy (non-hydrogen) atoms. The lowest BCUT2D eigenvalue weighted by Crippen LogP contribution is -2.03. The SMILES string of the molecule is CC(CC(=O)O)c1ccc([N+](=O)[O-])c(F)c1. The fourth-order valence-corrected chi connectivity index (χ4v) is 1.36. The van der Waals surface area contributed by atoms with E-state index >= 15 is 0 Å². The second-order valence-electron chi connectivity index (χ2n) is 3.47. The zero-order valence-corrected chi connectivity index (χ0v) is 8.51. The molecule has 1 aromatic carbocycles. The van der Waals surface area contributed by atoms with E-state index in [1.165, 1.54) is 6.07 Å². The Morgan fingerprint density at radius 2 is 2.25 bits per heavy atom. The molecule has 1 rings (SSSR count). The van der Waals surface area contributed by atoms with Gasteiger partial charge in [0, 0.05) is 6.07 Å². The van der Waals surface area contributed by atoms with Crippen molar-refractivity contribution in [3.8, 4) is 0 Å². The van der Waals surface area contributed by atoms with Gasteiger partial charge in [-0.2, -0.15) is 4.39 Å². The van der Waals surface area contributed by atoms with Gasteiger partial charge >= 0.3 is 11.7 Å². The molecule has 86 valence electrons. The van der Waals surface area contributed by atoms with Crippen LogP contribution in [0.5, 0.6) is 0 Å². The lowest BCUT2D eigenvalue weighted by molar-refractivity contribution is -0.387. The van der Waals surface area contributed by atoms with Crippen molar-refractivity contribution in [3.05, 3.63) is 39.7 Å². The molecule has 0 spiro atoms. The Morgan fingerprint density at radius 3 is 2.69 bits per heavy atom. The summed E-state index contributed by atoms with van der Waals surface area (Å²) in [6, 6.07) is 3.42. The molecule has 0 saturated carbocycles. The van der Waals surface area contributed by atoms with Gasteiger partial charge in [0.15, 0.2) is 0 Å². The van der Waals surface area contributed by atoms with Crippen LogP contribution in [-0.4, -0.2) is 16.0 Å². The van der Waals surface area contributed by atoms with Gasteiger partial charge in [0.1, 0.15) is 0 Å². The van der Waals surface area contributed by atoms with Crippen molar-refractivity contribution in [2.75, 3.05) is 0 Å². The van der Waals surface area contributed by atoms with Gasteiger partial charge in [0.05, 0.1) is 11.3 Å². The third-order valence-electron chi connectivity index (χ3n) is 2.22. The second-order valence-corrected chi connectivity index (χ2v) is 3.47. The number of rotatable bonds is 4. The number of nitro benzene ring substituents is 1. The molecular weight excluding hydrogens is 217 g/mol. The topological polar surface area (TPSA) is 80.4 Å². The van der Waals surface area contributed by atoms with Gasteiger partial charge in [-0.1, -0.05) is 13.0 Å². The molecule has 1 aromatic rings. The predicted octanol–water partition coefficient (Wildman–Crippen LogP) is 2.31. The average molecular weight is 227 g/mol. The van der Waals surface area contributed by atoms with E-state index in [1.54, 1.807) is 6.92 Å². The van der Waals surface area contributed by atoms with E-state index < -0.39 is 22.4 Å². The van der Waals surface area contributed by atoms with Crippen molar-refractivity contribution in [1.29, 1.82) is 0 Å². The Morgan fingerprint density at radius 1 is 1.62 bits per heavy atom. The van der Waals surface area contributed by atoms with Crippen molar-refractivity contribution in [3.63, 3.8) is 0 Å². The number of carboxylic acids is 1. The van der Waals surface area contributed by atoms with E-state index in [9.17, 15) is 19.3 Å². The third kappa shape index (κ3) is 2.75. The molecule has 0 fully saturated rings. The molecule has 0 aliphatic rings. The maximum atomic E-state index is 13.2. The molecule has 5 nitrogen and oxygen atoms in total. The van der Waals surface area contributed by atoms with Gasteiger partial charge in [-0.25, -0.2) is 0 Å². The summed E-state index contributed by atoms with van der Waals surface area (Å²) in [6.07, 6.45) is -0.142. The van der Waals surface area contributed by atoms with Crippen LogP contribution >= 0.6 is 0 Å². The summed E-state index contributed by atoms with van der Waals surface area (Å²) in [4.78, 5) is 20.0. The number of aliphatic carboxylic acids is 1. The van der Waals surface area contributed by atoms with E-state index in [4.69, 9.17) is 5.11 Å². The van der Waals surface area contributed by atoms with Crippen LogP contribution in [0, 0.1) is 15.9 Å². The van der Waals surface area contributed by atoms with Gasteiger partial charge in [-0.15, -0.1) is 0 Å². The third-order valence-corrected chi connectivity index (χ3v) is 2.22. The Hall–Kier alpha value is -1.98. The Balaban J connectivity index is 2.96. The van der Waals surface area contributed by atoms with Gasteiger partial charge in [0.2, 0.25) is 5.82 Å². The number of carboxylic acid groups (broad SMARTS) is 1. The molecule has 1 atom stereocenters. The average Bonchev–Trinajstić information content (AvgIpc) is 2.15. The van der Waals surface area contributed by atoms with Crippen molar-refractivity contribution in [1.82, 2.24) is 0 Å². The second kappa shape index (κ2) is 4.69. The van der Waals surface area contributed by atoms with Gasteiger partial charge in [-0.3, -0.25) is 14.9 Å². The molecular formula is C10H10FNO4. The summed E-state index contributed by atoms with van der Waals surface area (Å²) in [5.74, 6) is -2.32. The number of nitrogens with zero attached hydrogens (tertiary/aromatic N) is 1. The molecule has 1 N–H and O–H groups in total. The van der Waals surface area contributed by atoms with Gasteiger partial charge in [-0.05, 0) is 17.5 Å². The van der Waals surface area contributed by atoms with Crippen molar-refractivity contribution >= 4 is 11.7 Å². The van der Waals surface area contributed by atoms with E-state index in [-0.39, 0.29) is 12.3 Å². The van der Waals surface area contributed by atoms with E-state index in [2.05, 4.69) is 0 Å². The van der Waals surface area contributed by atoms with E-state index in [0.29, 0.717) is 5.56 Å². The van der Waals surface area contributed by atoms with Crippen LogP contribution < -0.4 is 0 Å². The van der Waals surface area contributed by atoms with Crippen LogP contribution in [0.15, 0.2) is 18.2 Å². The number of benzene rings is 1. The summed E-state index contributed by atoms with van der Waals surface area (Å²) >= 11 is 0. The molecule has 0 aliphatic carbocycles. The summed E-state index contributed by atoms with van der Waals surface area (Å²) in [5.41, 5.74) is -0.170.